The van der Waals surface area contributed by atoms with Gasteiger partial charge in [-0.05, 0) is 33.6 Å². The van der Waals surface area contributed by atoms with Gasteiger partial charge in [0.2, 0.25) is 0 Å². The van der Waals surface area contributed by atoms with Crippen molar-refractivity contribution in [2.75, 3.05) is 31.9 Å². The lowest BCUT2D eigenvalue weighted by Crippen LogP contribution is -2.57. The van der Waals surface area contributed by atoms with Gasteiger partial charge in [0.1, 0.15) is 0 Å². The molecule has 0 aromatic heterocycles. The molecule has 0 aromatic rings. The molecule has 2 N–H and O–H groups in total. The zero-order chi connectivity index (χ0) is 16.4. The second kappa shape index (κ2) is 6.35. The molecule has 1 aliphatic heterocycles. The molecule has 0 bridgehead atoms. The van der Waals surface area contributed by atoms with Crippen LogP contribution in [0.2, 0.25) is 0 Å². The second-order valence-electron chi connectivity index (χ2n) is 7.10. The number of guanidine groups is 1. The minimum Gasteiger partial charge on any atom is -0.388 e. The molecule has 7 heteroatoms. The Labute approximate surface area is 133 Å². The van der Waals surface area contributed by atoms with Crippen LogP contribution in [0.5, 0.6) is 0 Å². The Morgan fingerprint density at radius 3 is 2.50 bits per heavy atom. The molecular weight excluding hydrogens is 302 g/mol. The van der Waals surface area contributed by atoms with E-state index in [0.717, 1.165) is 32.2 Å². The van der Waals surface area contributed by atoms with Crippen LogP contribution in [0, 0.1) is 0 Å². The van der Waals surface area contributed by atoms with Crippen LogP contribution < -0.4 is 5.32 Å². The van der Waals surface area contributed by atoms with Gasteiger partial charge in [-0.3, -0.25) is 4.99 Å². The minimum absolute atomic E-state index is 0.148. The summed E-state index contributed by atoms with van der Waals surface area (Å²) < 4.78 is 23.5. The molecule has 0 unspecified atom stereocenters. The lowest BCUT2D eigenvalue weighted by atomic mass is 10.0. The predicted octanol–water partition coefficient (Wildman–Crippen LogP) is 0.766. The van der Waals surface area contributed by atoms with E-state index in [0.29, 0.717) is 25.6 Å². The zero-order valence-corrected chi connectivity index (χ0v) is 14.7. The highest BCUT2D eigenvalue weighted by molar-refractivity contribution is 7.92. The van der Waals surface area contributed by atoms with Crippen molar-refractivity contribution in [3.8, 4) is 0 Å². The first-order chi connectivity index (χ1) is 10.2. The molecular formula is C15H29N3O3S. The monoisotopic (exact) mass is 331 g/mol. The topological polar surface area (TPSA) is 82.0 Å². The van der Waals surface area contributed by atoms with Gasteiger partial charge < -0.3 is 15.3 Å². The summed E-state index contributed by atoms with van der Waals surface area (Å²) in [4.78, 5) is 6.59. The molecule has 2 rings (SSSR count). The van der Waals surface area contributed by atoms with E-state index in [4.69, 9.17) is 0 Å². The number of hydrogen-bond acceptors (Lipinski definition) is 4. The van der Waals surface area contributed by atoms with Gasteiger partial charge in [-0.2, -0.15) is 0 Å². The number of nitrogens with one attached hydrogen (secondary N) is 1. The Balaban J connectivity index is 2.11. The Morgan fingerprint density at radius 2 is 1.95 bits per heavy atom. The molecule has 0 amide bonds. The summed E-state index contributed by atoms with van der Waals surface area (Å²) in [7, 11) is -3.06. The Kier molecular flexibility index (Phi) is 5.06. The fraction of sp³-hybridized carbons (Fsp3) is 0.933. The van der Waals surface area contributed by atoms with Crippen LogP contribution in [-0.4, -0.2) is 66.7 Å². The molecule has 22 heavy (non-hydrogen) atoms. The number of rotatable bonds is 3. The van der Waals surface area contributed by atoms with Crippen LogP contribution in [0.25, 0.3) is 0 Å². The highest BCUT2D eigenvalue weighted by Crippen LogP contribution is 2.30. The third-order valence-corrected chi connectivity index (χ3v) is 7.27. The average molecular weight is 331 g/mol. The number of hydrogen-bond donors (Lipinski definition) is 2. The molecule has 1 saturated heterocycles. The molecule has 0 spiro atoms. The van der Waals surface area contributed by atoms with Gasteiger partial charge in [-0.15, -0.1) is 0 Å². The molecule has 1 heterocycles. The van der Waals surface area contributed by atoms with Crippen molar-refractivity contribution < 1.29 is 13.5 Å². The lowest BCUT2D eigenvalue weighted by Gasteiger charge is -2.39. The lowest BCUT2D eigenvalue weighted by molar-refractivity contribution is 0.0571. The maximum Gasteiger partial charge on any atom is 0.194 e. The Hall–Kier alpha value is -0.820. The second-order valence-corrected chi connectivity index (χ2v) is 9.84. The van der Waals surface area contributed by atoms with E-state index in [9.17, 15) is 13.5 Å². The van der Waals surface area contributed by atoms with Gasteiger partial charge in [0.25, 0.3) is 0 Å². The highest BCUT2D eigenvalue weighted by Gasteiger charge is 2.41. The summed E-state index contributed by atoms with van der Waals surface area (Å²) in [6, 6.07) is 0. The Morgan fingerprint density at radius 1 is 1.32 bits per heavy atom. The number of aliphatic imine (C=N–C) groups is 1. The minimum atomic E-state index is -3.06. The van der Waals surface area contributed by atoms with Crippen LogP contribution in [-0.2, 0) is 9.84 Å². The molecule has 0 atom stereocenters. The molecule has 0 radical (unpaired) electrons. The van der Waals surface area contributed by atoms with Crippen LogP contribution in [0.15, 0.2) is 4.99 Å². The first-order valence-electron chi connectivity index (χ1n) is 8.17. The number of aliphatic hydroxyl groups is 1. The van der Waals surface area contributed by atoms with Crippen molar-refractivity contribution in [2.24, 2.45) is 4.99 Å². The van der Waals surface area contributed by atoms with Crippen molar-refractivity contribution >= 4 is 15.8 Å². The van der Waals surface area contributed by atoms with Crippen molar-refractivity contribution in [3.05, 3.63) is 0 Å². The fourth-order valence-corrected chi connectivity index (χ4v) is 4.53. The first kappa shape index (κ1) is 17.5. The van der Waals surface area contributed by atoms with E-state index < -0.39 is 20.2 Å². The quantitative estimate of drug-likeness (QED) is 0.589. The third-order valence-electron chi connectivity index (χ3n) is 4.74. The molecule has 1 aliphatic carbocycles. The van der Waals surface area contributed by atoms with E-state index in [2.05, 4.69) is 10.3 Å². The summed E-state index contributed by atoms with van der Waals surface area (Å²) >= 11 is 0. The van der Waals surface area contributed by atoms with Gasteiger partial charge in [-0.1, -0.05) is 12.8 Å². The van der Waals surface area contributed by atoms with E-state index in [1.54, 1.807) is 13.8 Å². The summed E-state index contributed by atoms with van der Waals surface area (Å²) in [5, 5.41) is 13.7. The van der Waals surface area contributed by atoms with Crippen LogP contribution in [0.1, 0.15) is 46.5 Å². The van der Waals surface area contributed by atoms with Crippen LogP contribution in [0.4, 0.5) is 0 Å². The van der Waals surface area contributed by atoms with Gasteiger partial charge >= 0.3 is 0 Å². The van der Waals surface area contributed by atoms with E-state index in [1.165, 1.54) is 0 Å². The third kappa shape index (κ3) is 3.74. The van der Waals surface area contributed by atoms with E-state index in [1.807, 2.05) is 11.8 Å². The summed E-state index contributed by atoms with van der Waals surface area (Å²) in [5.41, 5.74) is -0.682. The highest BCUT2D eigenvalue weighted by atomic mass is 32.2. The molecule has 2 fully saturated rings. The molecule has 128 valence electrons. The van der Waals surface area contributed by atoms with E-state index in [-0.39, 0.29) is 5.75 Å². The molecule has 6 nitrogen and oxygen atoms in total. The molecule has 1 saturated carbocycles. The maximum absolute atomic E-state index is 12.1. The van der Waals surface area contributed by atoms with E-state index >= 15 is 0 Å². The summed E-state index contributed by atoms with van der Waals surface area (Å²) in [6.45, 7) is 7.52. The zero-order valence-electron chi connectivity index (χ0n) is 13.9. The fourth-order valence-electron chi connectivity index (χ4n) is 3.16. The Bertz CT molecular complexity index is 522. The van der Waals surface area contributed by atoms with Crippen molar-refractivity contribution in [1.29, 1.82) is 0 Å². The van der Waals surface area contributed by atoms with Crippen molar-refractivity contribution in [1.82, 2.24) is 10.2 Å². The van der Waals surface area contributed by atoms with Gasteiger partial charge in [0.15, 0.2) is 15.8 Å². The van der Waals surface area contributed by atoms with Crippen LogP contribution >= 0.6 is 0 Å². The van der Waals surface area contributed by atoms with Crippen LogP contribution in [0.3, 0.4) is 0 Å². The normalized spacial score (nSPS) is 26.9. The molecule has 2 aliphatic rings. The van der Waals surface area contributed by atoms with Gasteiger partial charge in [0.05, 0.1) is 22.6 Å². The predicted molar refractivity (Wildman–Crippen MR) is 88.8 cm³/mol. The van der Waals surface area contributed by atoms with Gasteiger partial charge in [-0.25, -0.2) is 8.42 Å². The standard InChI is InChI=1S/C15H29N3O3S/c1-4-16-13(17-11-15(19)7-5-6-8-15)18-9-10-22(20,21)14(2,3)12-18/h19H,4-12H2,1-3H3,(H,16,17). The SMILES string of the molecule is CCNC(=NCC1(O)CCCC1)N1CCS(=O)(=O)C(C)(C)C1. The summed E-state index contributed by atoms with van der Waals surface area (Å²) in [5.74, 6) is 0.861. The van der Waals surface area contributed by atoms with Crippen molar-refractivity contribution in [2.45, 2.75) is 56.8 Å². The first-order valence-corrected chi connectivity index (χ1v) is 9.82. The van der Waals surface area contributed by atoms with Gasteiger partial charge in [0, 0.05) is 19.6 Å². The largest absolute Gasteiger partial charge is 0.388 e. The maximum atomic E-state index is 12.1. The molecule has 0 aromatic carbocycles. The number of nitrogens with zero attached hydrogens (tertiary/aromatic N) is 2. The average Bonchev–Trinajstić information content (AvgIpc) is 2.85. The summed E-state index contributed by atoms with van der Waals surface area (Å²) in [6.07, 6.45) is 3.71. The van der Waals surface area contributed by atoms with Crippen molar-refractivity contribution in [3.63, 3.8) is 0 Å². The smallest absolute Gasteiger partial charge is 0.194 e. The number of sulfone groups is 1.